The lowest BCUT2D eigenvalue weighted by Crippen LogP contribution is -2.34. The average molecular weight is 257 g/mol. The van der Waals surface area contributed by atoms with E-state index in [1.807, 2.05) is 27.7 Å². The zero-order valence-corrected chi connectivity index (χ0v) is 11.5. The van der Waals surface area contributed by atoms with Gasteiger partial charge in [0.05, 0.1) is 21.8 Å². The first kappa shape index (κ1) is 12.7. The van der Waals surface area contributed by atoms with E-state index < -0.39 is 11.0 Å². The summed E-state index contributed by atoms with van der Waals surface area (Å²) in [5, 5.41) is 8.01. The second kappa shape index (κ2) is 4.49. The Morgan fingerprint density at radius 3 is 2.59 bits per heavy atom. The van der Waals surface area contributed by atoms with Crippen LogP contribution in [0.1, 0.15) is 64.3 Å². The van der Waals surface area contributed by atoms with Gasteiger partial charge in [-0.2, -0.15) is 0 Å². The van der Waals surface area contributed by atoms with Gasteiger partial charge in [0, 0.05) is 5.92 Å². The molecule has 17 heavy (non-hydrogen) atoms. The molecular weight excluding hydrogens is 238 g/mol. The van der Waals surface area contributed by atoms with Gasteiger partial charge in [-0.3, -0.25) is 0 Å². The van der Waals surface area contributed by atoms with Crippen LogP contribution in [0.25, 0.3) is 0 Å². The third-order valence-corrected chi connectivity index (χ3v) is 4.27. The summed E-state index contributed by atoms with van der Waals surface area (Å²) >= 11 is 0. The molecule has 0 spiro atoms. The molecule has 0 aliphatic heterocycles. The summed E-state index contributed by atoms with van der Waals surface area (Å²) in [5.74, 6) is 1.69. The first-order chi connectivity index (χ1) is 7.88. The van der Waals surface area contributed by atoms with Crippen LogP contribution in [0.4, 0.5) is 0 Å². The van der Waals surface area contributed by atoms with Crippen LogP contribution in [-0.4, -0.2) is 19.2 Å². The number of nitrogens with zero attached hydrogens (tertiary/aromatic N) is 2. The van der Waals surface area contributed by atoms with Gasteiger partial charge in [-0.05, 0) is 40.5 Å². The van der Waals surface area contributed by atoms with Gasteiger partial charge in [0.2, 0.25) is 11.8 Å². The largest absolute Gasteiger partial charge is 0.423 e. The van der Waals surface area contributed by atoms with Crippen LogP contribution in [0, 0.1) is 0 Å². The minimum absolute atomic E-state index is 0.185. The molecule has 2 unspecified atom stereocenters. The fourth-order valence-corrected chi connectivity index (χ4v) is 2.08. The van der Waals surface area contributed by atoms with Crippen molar-refractivity contribution in [3.63, 3.8) is 0 Å². The van der Waals surface area contributed by atoms with Crippen LogP contribution in [0.3, 0.4) is 0 Å². The first-order valence-electron chi connectivity index (χ1n) is 5.89. The van der Waals surface area contributed by atoms with Crippen molar-refractivity contribution in [3.05, 3.63) is 11.8 Å². The molecule has 96 valence electrons. The normalized spacial score (nSPS) is 20.2. The van der Waals surface area contributed by atoms with Crippen molar-refractivity contribution >= 4 is 11.0 Å². The van der Waals surface area contributed by atoms with Crippen molar-refractivity contribution in [2.75, 3.05) is 0 Å². The average Bonchev–Trinajstić information content (AvgIpc) is 2.95. The highest BCUT2D eigenvalue weighted by Crippen LogP contribution is 2.39. The molecule has 6 heteroatoms. The van der Waals surface area contributed by atoms with Crippen LogP contribution < -0.4 is 4.72 Å². The van der Waals surface area contributed by atoms with E-state index in [-0.39, 0.29) is 10.8 Å². The maximum absolute atomic E-state index is 11.9. The molecule has 1 fully saturated rings. The van der Waals surface area contributed by atoms with Crippen LogP contribution in [0.15, 0.2) is 4.42 Å². The summed E-state index contributed by atoms with van der Waals surface area (Å²) < 4.78 is 20.2. The van der Waals surface area contributed by atoms with Gasteiger partial charge in [0.15, 0.2) is 0 Å². The summed E-state index contributed by atoms with van der Waals surface area (Å²) in [6, 6.07) is -0.185. The van der Waals surface area contributed by atoms with Gasteiger partial charge < -0.3 is 4.42 Å². The number of aromatic nitrogens is 2. The lowest BCUT2D eigenvalue weighted by Gasteiger charge is -2.20. The van der Waals surface area contributed by atoms with Crippen molar-refractivity contribution in [3.8, 4) is 0 Å². The molecule has 1 heterocycles. The van der Waals surface area contributed by atoms with E-state index >= 15 is 0 Å². The quantitative estimate of drug-likeness (QED) is 0.896. The maximum Gasteiger partial charge on any atom is 0.234 e. The summed E-state index contributed by atoms with van der Waals surface area (Å²) in [4.78, 5) is 0. The lowest BCUT2D eigenvalue weighted by atomic mass is 10.3. The predicted molar refractivity (Wildman–Crippen MR) is 65.7 cm³/mol. The minimum Gasteiger partial charge on any atom is -0.423 e. The monoisotopic (exact) mass is 257 g/mol. The molecule has 0 amide bonds. The molecule has 2 rings (SSSR count). The summed E-state index contributed by atoms with van der Waals surface area (Å²) in [5.41, 5.74) is 0. The molecule has 1 aliphatic carbocycles. The topological polar surface area (TPSA) is 68.0 Å². The van der Waals surface area contributed by atoms with Crippen molar-refractivity contribution in [2.45, 2.75) is 57.2 Å². The second-order valence-electron chi connectivity index (χ2n) is 5.47. The fourth-order valence-electron chi connectivity index (χ4n) is 1.30. The summed E-state index contributed by atoms with van der Waals surface area (Å²) in [6.45, 7) is 7.65. The van der Waals surface area contributed by atoms with Crippen molar-refractivity contribution < 1.29 is 8.63 Å². The van der Waals surface area contributed by atoms with E-state index in [9.17, 15) is 4.21 Å². The van der Waals surface area contributed by atoms with Crippen molar-refractivity contribution in [1.29, 1.82) is 0 Å². The maximum atomic E-state index is 11.9. The van der Waals surface area contributed by atoms with Crippen molar-refractivity contribution in [2.24, 2.45) is 0 Å². The highest BCUT2D eigenvalue weighted by atomic mass is 32.2. The molecule has 0 saturated heterocycles. The third kappa shape index (κ3) is 3.13. The molecule has 1 aromatic heterocycles. The Bertz CT molecular complexity index is 421. The molecule has 0 bridgehead atoms. The van der Waals surface area contributed by atoms with E-state index in [4.69, 9.17) is 4.42 Å². The van der Waals surface area contributed by atoms with E-state index in [2.05, 4.69) is 14.9 Å². The van der Waals surface area contributed by atoms with Crippen LogP contribution in [0.5, 0.6) is 0 Å². The number of rotatable bonds is 4. The minimum atomic E-state index is -1.13. The highest BCUT2D eigenvalue weighted by molar-refractivity contribution is 7.84. The smallest absolute Gasteiger partial charge is 0.234 e. The van der Waals surface area contributed by atoms with Gasteiger partial charge in [0.1, 0.15) is 0 Å². The highest BCUT2D eigenvalue weighted by Gasteiger charge is 2.30. The standard InChI is InChI=1S/C11H19N3O2S/c1-7(14-17(15)11(2,3)4)9-12-13-10(16-9)8-5-6-8/h7-8,14H,5-6H2,1-4H3. The number of hydrogen-bond donors (Lipinski definition) is 1. The van der Waals surface area contributed by atoms with Gasteiger partial charge in [0.25, 0.3) is 0 Å². The second-order valence-corrected chi connectivity index (χ2v) is 7.47. The molecule has 0 radical (unpaired) electrons. The Morgan fingerprint density at radius 2 is 2.06 bits per heavy atom. The van der Waals surface area contributed by atoms with Crippen molar-refractivity contribution in [1.82, 2.24) is 14.9 Å². The Hall–Kier alpha value is -0.750. The van der Waals surface area contributed by atoms with Gasteiger partial charge in [-0.25, -0.2) is 8.93 Å². The van der Waals surface area contributed by atoms with Gasteiger partial charge >= 0.3 is 0 Å². The molecule has 1 aliphatic rings. The molecule has 2 atom stereocenters. The Kier molecular flexibility index (Phi) is 3.36. The Labute approximate surface area is 104 Å². The zero-order valence-electron chi connectivity index (χ0n) is 10.7. The van der Waals surface area contributed by atoms with E-state index in [0.717, 1.165) is 18.7 Å². The molecule has 1 aromatic rings. The van der Waals surface area contributed by atoms with Gasteiger partial charge in [-0.1, -0.05) is 0 Å². The van der Waals surface area contributed by atoms with Crippen LogP contribution in [-0.2, 0) is 11.0 Å². The Balaban J connectivity index is 1.98. The first-order valence-corrected chi connectivity index (χ1v) is 7.04. The fraction of sp³-hybridized carbons (Fsp3) is 0.818. The molecule has 0 aromatic carbocycles. The molecular formula is C11H19N3O2S. The lowest BCUT2D eigenvalue weighted by molar-refractivity contribution is 0.417. The van der Waals surface area contributed by atoms with E-state index in [1.54, 1.807) is 0 Å². The number of hydrogen-bond acceptors (Lipinski definition) is 4. The molecule has 1 saturated carbocycles. The third-order valence-electron chi connectivity index (χ3n) is 2.59. The van der Waals surface area contributed by atoms with Crippen LogP contribution in [0.2, 0.25) is 0 Å². The summed E-state index contributed by atoms with van der Waals surface area (Å²) in [6.07, 6.45) is 2.27. The zero-order chi connectivity index (χ0) is 12.6. The van der Waals surface area contributed by atoms with E-state index in [0.29, 0.717) is 11.8 Å². The SMILES string of the molecule is CC(NS(=O)C(C)(C)C)c1nnc(C2CC2)o1. The molecule has 5 nitrogen and oxygen atoms in total. The predicted octanol–water partition coefficient (Wildman–Crippen LogP) is 2.06. The Morgan fingerprint density at radius 1 is 1.41 bits per heavy atom. The number of nitrogens with one attached hydrogen (secondary N) is 1. The molecule has 1 N–H and O–H groups in total. The van der Waals surface area contributed by atoms with E-state index in [1.165, 1.54) is 0 Å². The summed E-state index contributed by atoms with van der Waals surface area (Å²) in [7, 11) is -1.13. The van der Waals surface area contributed by atoms with Gasteiger partial charge in [-0.15, -0.1) is 10.2 Å². The van der Waals surface area contributed by atoms with Crippen LogP contribution >= 0.6 is 0 Å².